The number of anilines is 1. The van der Waals surface area contributed by atoms with Crippen molar-refractivity contribution >= 4 is 27.5 Å². The molecule has 0 atom stereocenters. The highest BCUT2D eigenvalue weighted by molar-refractivity contribution is 9.10. The first-order valence-corrected chi connectivity index (χ1v) is 6.94. The molecule has 0 fully saturated rings. The lowest BCUT2D eigenvalue weighted by Crippen LogP contribution is -2.18. The van der Waals surface area contributed by atoms with Gasteiger partial charge in [-0.25, -0.2) is 0 Å². The highest BCUT2D eigenvalue weighted by Gasteiger charge is 2.08. The van der Waals surface area contributed by atoms with Gasteiger partial charge in [-0.1, -0.05) is 11.2 Å². The number of nitrogens with zero attached hydrogens (tertiary/aromatic N) is 2. The van der Waals surface area contributed by atoms with Crippen LogP contribution in [0, 0.1) is 0 Å². The maximum absolute atomic E-state index is 8.78. The van der Waals surface area contributed by atoms with Gasteiger partial charge >= 0.3 is 0 Å². The van der Waals surface area contributed by atoms with Gasteiger partial charge in [-0.05, 0) is 34.1 Å². The fourth-order valence-electron chi connectivity index (χ4n) is 1.83. The molecule has 21 heavy (non-hydrogen) atoms. The Bertz CT molecular complexity index is 661. The fourth-order valence-corrected chi connectivity index (χ4v) is 2.23. The number of hydrogen-bond acceptors (Lipinski definition) is 5. The molecule has 1 aromatic carbocycles. The van der Waals surface area contributed by atoms with Gasteiger partial charge < -0.3 is 21.0 Å². The number of oxime groups is 1. The lowest BCUT2D eigenvalue weighted by Gasteiger charge is -2.11. The van der Waals surface area contributed by atoms with Crippen molar-refractivity contribution in [3.8, 4) is 5.75 Å². The van der Waals surface area contributed by atoms with E-state index in [-0.39, 0.29) is 5.84 Å². The maximum Gasteiger partial charge on any atom is 0.189 e. The lowest BCUT2D eigenvalue weighted by atomic mass is 10.1. The lowest BCUT2D eigenvalue weighted by molar-refractivity contribution is 0.318. The van der Waals surface area contributed by atoms with E-state index < -0.39 is 0 Å². The van der Waals surface area contributed by atoms with Crippen molar-refractivity contribution < 1.29 is 9.94 Å². The largest absolute Gasteiger partial charge is 0.495 e. The van der Waals surface area contributed by atoms with E-state index in [2.05, 4.69) is 31.4 Å². The second-order valence-corrected chi connectivity index (χ2v) is 5.05. The standard InChI is InChI=1S/C14H15BrN4O2/c1-21-12-7-10(4-5-11(12)15)18-8-9-3-2-6-17-13(9)14(16)19-20/h2-7,18,20H,8H2,1H3,(H2,16,19). The number of halogens is 1. The van der Waals surface area contributed by atoms with Gasteiger partial charge in [0.1, 0.15) is 11.4 Å². The number of amidine groups is 1. The van der Waals surface area contributed by atoms with Crippen LogP contribution in [0.15, 0.2) is 46.2 Å². The number of benzene rings is 1. The van der Waals surface area contributed by atoms with Gasteiger partial charge in [-0.3, -0.25) is 4.98 Å². The summed E-state index contributed by atoms with van der Waals surface area (Å²) in [4.78, 5) is 4.12. The van der Waals surface area contributed by atoms with Gasteiger partial charge in [0.05, 0.1) is 11.6 Å². The minimum absolute atomic E-state index is 0.0132. The topological polar surface area (TPSA) is 92.8 Å². The van der Waals surface area contributed by atoms with E-state index in [1.165, 1.54) is 0 Å². The third-order valence-electron chi connectivity index (χ3n) is 2.88. The van der Waals surface area contributed by atoms with Crippen LogP contribution in [0.5, 0.6) is 5.75 Å². The Morgan fingerprint density at radius 3 is 3.00 bits per heavy atom. The SMILES string of the molecule is COc1cc(NCc2cccnc2/C(N)=N/O)ccc1Br. The van der Waals surface area contributed by atoms with Crippen LogP contribution in [-0.2, 0) is 6.54 Å². The smallest absolute Gasteiger partial charge is 0.189 e. The molecule has 0 aliphatic carbocycles. The normalized spacial score (nSPS) is 11.2. The molecule has 6 nitrogen and oxygen atoms in total. The fraction of sp³-hybridized carbons (Fsp3) is 0.143. The highest BCUT2D eigenvalue weighted by Crippen LogP contribution is 2.28. The van der Waals surface area contributed by atoms with Gasteiger partial charge in [0.2, 0.25) is 0 Å². The summed E-state index contributed by atoms with van der Waals surface area (Å²) in [6, 6.07) is 9.36. The zero-order valence-corrected chi connectivity index (χ0v) is 13.0. The van der Waals surface area contributed by atoms with Gasteiger partial charge in [-0.2, -0.15) is 0 Å². The number of pyridine rings is 1. The zero-order valence-electron chi connectivity index (χ0n) is 11.4. The molecule has 0 aliphatic heterocycles. The predicted molar refractivity (Wildman–Crippen MR) is 84.8 cm³/mol. The van der Waals surface area contributed by atoms with Crippen LogP contribution in [0.1, 0.15) is 11.3 Å². The first-order chi connectivity index (χ1) is 10.2. The second-order valence-electron chi connectivity index (χ2n) is 4.20. The monoisotopic (exact) mass is 350 g/mol. The zero-order chi connectivity index (χ0) is 15.2. The van der Waals surface area contributed by atoms with E-state index in [1.807, 2.05) is 24.3 Å². The molecule has 4 N–H and O–H groups in total. The molecule has 1 heterocycles. The minimum Gasteiger partial charge on any atom is -0.495 e. The molecule has 7 heteroatoms. The Kier molecular flexibility index (Phi) is 4.99. The predicted octanol–water partition coefficient (Wildman–Crippen LogP) is 2.56. The molecule has 0 bridgehead atoms. The van der Waals surface area contributed by atoms with Crippen LogP contribution in [0.25, 0.3) is 0 Å². The first kappa shape index (κ1) is 15.1. The van der Waals surface area contributed by atoms with Crippen molar-refractivity contribution in [3.63, 3.8) is 0 Å². The molecule has 0 unspecified atom stereocenters. The number of aromatic nitrogens is 1. The maximum atomic E-state index is 8.78. The number of rotatable bonds is 5. The molecule has 2 rings (SSSR count). The summed E-state index contributed by atoms with van der Waals surface area (Å²) < 4.78 is 6.13. The second kappa shape index (κ2) is 6.94. The van der Waals surface area contributed by atoms with Crippen molar-refractivity contribution in [2.75, 3.05) is 12.4 Å². The third kappa shape index (κ3) is 3.63. The van der Waals surface area contributed by atoms with Gasteiger partial charge in [0.25, 0.3) is 0 Å². The molecule has 0 radical (unpaired) electrons. The molecule has 0 saturated heterocycles. The van der Waals surface area contributed by atoms with Gasteiger partial charge in [-0.15, -0.1) is 0 Å². The average Bonchev–Trinajstić information content (AvgIpc) is 2.53. The van der Waals surface area contributed by atoms with E-state index >= 15 is 0 Å². The average molecular weight is 351 g/mol. The molecule has 0 aliphatic rings. The quantitative estimate of drug-likeness (QED) is 0.333. The summed E-state index contributed by atoms with van der Waals surface area (Å²) in [6.45, 7) is 0.490. The summed E-state index contributed by atoms with van der Waals surface area (Å²) in [5, 5.41) is 15.0. The molecular formula is C14H15BrN4O2. The Hall–Kier alpha value is -2.28. The van der Waals surface area contributed by atoms with E-state index in [9.17, 15) is 0 Å². The van der Waals surface area contributed by atoms with Crippen LogP contribution in [0.2, 0.25) is 0 Å². The third-order valence-corrected chi connectivity index (χ3v) is 3.53. The molecular weight excluding hydrogens is 336 g/mol. The summed E-state index contributed by atoms with van der Waals surface area (Å²) >= 11 is 3.40. The van der Waals surface area contributed by atoms with Crippen LogP contribution in [0.3, 0.4) is 0 Å². The van der Waals surface area contributed by atoms with E-state index in [0.717, 1.165) is 21.5 Å². The number of hydrogen-bond donors (Lipinski definition) is 3. The number of ether oxygens (including phenoxy) is 1. The van der Waals surface area contributed by atoms with Crippen molar-refractivity contribution in [1.82, 2.24) is 4.98 Å². The van der Waals surface area contributed by atoms with Crippen LogP contribution in [0.4, 0.5) is 5.69 Å². The Morgan fingerprint density at radius 1 is 1.48 bits per heavy atom. The van der Waals surface area contributed by atoms with E-state index in [1.54, 1.807) is 19.4 Å². The van der Waals surface area contributed by atoms with Gasteiger partial charge in [0, 0.05) is 30.1 Å². The van der Waals surface area contributed by atoms with Crippen LogP contribution < -0.4 is 15.8 Å². The van der Waals surface area contributed by atoms with E-state index in [0.29, 0.717) is 12.2 Å². The number of nitrogens with two attached hydrogens (primary N) is 1. The number of nitrogens with one attached hydrogen (secondary N) is 1. The van der Waals surface area contributed by atoms with Gasteiger partial charge in [0.15, 0.2) is 5.84 Å². The Balaban J connectivity index is 2.17. The highest BCUT2D eigenvalue weighted by atomic mass is 79.9. The van der Waals surface area contributed by atoms with Crippen molar-refractivity contribution in [3.05, 3.63) is 52.3 Å². The Labute approximate surface area is 130 Å². The van der Waals surface area contributed by atoms with Crippen LogP contribution >= 0.6 is 15.9 Å². The number of methoxy groups -OCH3 is 1. The molecule has 110 valence electrons. The first-order valence-electron chi connectivity index (χ1n) is 6.15. The molecule has 0 amide bonds. The summed E-state index contributed by atoms with van der Waals surface area (Å²) in [6.07, 6.45) is 1.60. The molecule has 1 aromatic heterocycles. The molecule has 0 saturated carbocycles. The Morgan fingerprint density at radius 2 is 2.29 bits per heavy atom. The summed E-state index contributed by atoms with van der Waals surface area (Å²) in [5.74, 6) is 0.726. The summed E-state index contributed by atoms with van der Waals surface area (Å²) in [5.41, 5.74) is 7.79. The molecule has 2 aromatic rings. The van der Waals surface area contributed by atoms with Crippen LogP contribution in [-0.4, -0.2) is 23.1 Å². The van der Waals surface area contributed by atoms with Crippen molar-refractivity contribution in [1.29, 1.82) is 0 Å². The molecule has 0 spiro atoms. The van der Waals surface area contributed by atoms with Crippen molar-refractivity contribution in [2.45, 2.75) is 6.54 Å². The summed E-state index contributed by atoms with van der Waals surface area (Å²) in [7, 11) is 1.61. The minimum atomic E-state index is -0.0132. The van der Waals surface area contributed by atoms with E-state index in [4.69, 9.17) is 15.7 Å². The van der Waals surface area contributed by atoms with Crippen molar-refractivity contribution in [2.24, 2.45) is 10.9 Å².